The molecule has 5 heteroatoms. The molecule has 0 atom stereocenters. The van der Waals surface area contributed by atoms with E-state index in [4.69, 9.17) is 5.73 Å². The Kier molecular flexibility index (Phi) is 6.57. The number of halogens is 1. The van der Waals surface area contributed by atoms with Gasteiger partial charge in [-0.15, -0.1) is 24.0 Å². The lowest BCUT2D eigenvalue weighted by Crippen LogP contribution is -2.22. The molecule has 0 spiro atoms. The Morgan fingerprint density at radius 3 is 2.75 bits per heavy atom. The fourth-order valence-corrected chi connectivity index (χ4v) is 1.89. The standard InChI is InChI=1S/C15H20N4.HI/c1-3-12-5-4-6-14(9-12)18-15(16)17-10-13-7-8-19(2)11-13;/h4-9,11H,3,10H2,1-2H3,(H3,16,17,18);1H. The van der Waals surface area contributed by atoms with Crippen molar-refractivity contribution < 1.29 is 0 Å². The largest absolute Gasteiger partial charge is 0.370 e. The molecule has 4 nitrogen and oxygen atoms in total. The number of benzene rings is 1. The number of guanidine groups is 1. The molecule has 0 aliphatic heterocycles. The van der Waals surface area contributed by atoms with Crippen LogP contribution in [0.15, 0.2) is 47.7 Å². The van der Waals surface area contributed by atoms with Gasteiger partial charge < -0.3 is 15.6 Å². The Morgan fingerprint density at radius 2 is 2.10 bits per heavy atom. The second kappa shape index (κ2) is 7.94. The molecule has 2 rings (SSSR count). The van der Waals surface area contributed by atoms with Crippen LogP contribution in [-0.4, -0.2) is 10.5 Å². The first-order valence-electron chi connectivity index (χ1n) is 6.44. The van der Waals surface area contributed by atoms with Gasteiger partial charge in [-0.3, -0.25) is 0 Å². The van der Waals surface area contributed by atoms with Crippen molar-refractivity contribution in [1.82, 2.24) is 4.57 Å². The quantitative estimate of drug-likeness (QED) is 0.484. The summed E-state index contributed by atoms with van der Waals surface area (Å²) < 4.78 is 2.00. The smallest absolute Gasteiger partial charge is 0.193 e. The molecule has 0 amide bonds. The van der Waals surface area contributed by atoms with Crippen LogP contribution in [0, 0.1) is 0 Å². The molecule has 0 aliphatic rings. The number of anilines is 1. The second-order valence-electron chi connectivity index (χ2n) is 4.57. The monoisotopic (exact) mass is 384 g/mol. The average molecular weight is 384 g/mol. The van der Waals surface area contributed by atoms with E-state index in [1.54, 1.807) is 0 Å². The van der Waals surface area contributed by atoms with E-state index in [0.717, 1.165) is 17.7 Å². The van der Waals surface area contributed by atoms with Crippen molar-refractivity contribution in [3.05, 3.63) is 53.9 Å². The van der Waals surface area contributed by atoms with Gasteiger partial charge in [0.2, 0.25) is 0 Å². The van der Waals surface area contributed by atoms with E-state index in [9.17, 15) is 0 Å². The van der Waals surface area contributed by atoms with Crippen LogP contribution in [0.3, 0.4) is 0 Å². The van der Waals surface area contributed by atoms with Gasteiger partial charge in [-0.25, -0.2) is 4.99 Å². The van der Waals surface area contributed by atoms with Crippen molar-refractivity contribution >= 4 is 35.6 Å². The highest BCUT2D eigenvalue weighted by atomic mass is 127. The normalized spacial score (nSPS) is 11.0. The summed E-state index contributed by atoms with van der Waals surface area (Å²) in [6.07, 6.45) is 5.05. The molecule has 0 radical (unpaired) electrons. The minimum absolute atomic E-state index is 0. The zero-order chi connectivity index (χ0) is 13.7. The highest BCUT2D eigenvalue weighted by Crippen LogP contribution is 2.10. The van der Waals surface area contributed by atoms with Gasteiger partial charge in [-0.1, -0.05) is 19.1 Å². The van der Waals surface area contributed by atoms with E-state index in [-0.39, 0.29) is 24.0 Å². The summed E-state index contributed by atoms with van der Waals surface area (Å²) in [6.45, 7) is 2.72. The number of aromatic nitrogens is 1. The Balaban J connectivity index is 0.00000200. The van der Waals surface area contributed by atoms with E-state index >= 15 is 0 Å². The molecule has 20 heavy (non-hydrogen) atoms. The van der Waals surface area contributed by atoms with Crippen LogP contribution in [0.25, 0.3) is 0 Å². The predicted molar refractivity (Wildman–Crippen MR) is 95.6 cm³/mol. The van der Waals surface area contributed by atoms with E-state index in [1.807, 2.05) is 42.2 Å². The minimum atomic E-state index is 0. The topological polar surface area (TPSA) is 55.3 Å². The van der Waals surface area contributed by atoms with Crippen molar-refractivity contribution in [2.24, 2.45) is 17.8 Å². The van der Waals surface area contributed by atoms with Crippen LogP contribution in [0.2, 0.25) is 0 Å². The third kappa shape index (κ3) is 4.88. The first-order chi connectivity index (χ1) is 9.17. The Morgan fingerprint density at radius 1 is 1.30 bits per heavy atom. The third-order valence-corrected chi connectivity index (χ3v) is 2.93. The van der Waals surface area contributed by atoms with Gasteiger partial charge in [0.15, 0.2) is 5.96 Å². The fourth-order valence-electron chi connectivity index (χ4n) is 1.89. The molecule has 108 valence electrons. The molecular formula is C15H21IN4. The molecule has 0 unspecified atom stereocenters. The van der Waals surface area contributed by atoms with E-state index in [0.29, 0.717) is 12.5 Å². The van der Waals surface area contributed by atoms with Crippen LogP contribution in [0.5, 0.6) is 0 Å². The SMILES string of the molecule is CCc1cccc(NC(N)=NCc2ccn(C)c2)c1.I. The first-order valence-corrected chi connectivity index (χ1v) is 6.44. The summed E-state index contributed by atoms with van der Waals surface area (Å²) in [5, 5.41) is 3.11. The maximum Gasteiger partial charge on any atom is 0.193 e. The molecule has 1 aromatic heterocycles. The zero-order valence-electron chi connectivity index (χ0n) is 11.8. The van der Waals surface area contributed by atoms with Crippen molar-refractivity contribution in [2.75, 3.05) is 5.32 Å². The molecule has 0 saturated carbocycles. The van der Waals surface area contributed by atoms with Crippen LogP contribution >= 0.6 is 24.0 Å². The lowest BCUT2D eigenvalue weighted by atomic mass is 10.1. The number of nitrogens with one attached hydrogen (secondary N) is 1. The summed E-state index contributed by atoms with van der Waals surface area (Å²) in [4.78, 5) is 4.33. The molecule has 0 saturated heterocycles. The maximum absolute atomic E-state index is 5.88. The number of nitrogens with two attached hydrogens (primary N) is 1. The Labute approximate surface area is 137 Å². The molecular weight excluding hydrogens is 363 g/mol. The number of hydrogen-bond donors (Lipinski definition) is 2. The van der Waals surface area contributed by atoms with Crippen LogP contribution in [-0.2, 0) is 20.0 Å². The van der Waals surface area contributed by atoms with Gasteiger partial charge in [0.05, 0.1) is 6.54 Å². The van der Waals surface area contributed by atoms with Gasteiger partial charge in [0.1, 0.15) is 0 Å². The first kappa shape index (κ1) is 16.6. The lowest BCUT2D eigenvalue weighted by molar-refractivity contribution is 0.916. The third-order valence-electron chi connectivity index (χ3n) is 2.93. The molecule has 2 aromatic rings. The summed E-state index contributed by atoms with van der Waals surface area (Å²) in [7, 11) is 1.99. The fraction of sp³-hybridized carbons (Fsp3) is 0.267. The number of aryl methyl sites for hydroxylation is 2. The van der Waals surface area contributed by atoms with Crippen LogP contribution < -0.4 is 11.1 Å². The maximum atomic E-state index is 5.88. The molecule has 0 bridgehead atoms. The van der Waals surface area contributed by atoms with Crippen molar-refractivity contribution in [3.8, 4) is 0 Å². The molecule has 1 aromatic carbocycles. The summed E-state index contributed by atoms with van der Waals surface area (Å²) in [5.74, 6) is 0.442. The summed E-state index contributed by atoms with van der Waals surface area (Å²) >= 11 is 0. The van der Waals surface area contributed by atoms with Crippen LogP contribution in [0.1, 0.15) is 18.1 Å². The summed E-state index contributed by atoms with van der Waals surface area (Å²) in [5.41, 5.74) is 9.29. The van der Waals surface area contributed by atoms with Crippen molar-refractivity contribution in [1.29, 1.82) is 0 Å². The van der Waals surface area contributed by atoms with Crippen LogP contribution in [0.4, 0.5) is 5.69 Å². The molecule has 0 aliphatic carbocycles. The predicted octanol–water partition coefficient (Wildman–Crippen LogP) is 3.13. The van der Waals surface area contributed by atoms with Crippen molar-refractivity contribution in [2.45, 2.75) is 19.9 Å². The van der Waals surface area contributed by atoms with Gasteiger partial charge in [-0.2, -0.15) is 0 Å². The number of hydrogen-bond acceptors (Lipinski definition) is 1. The van der Waals surface area contributed by atoms with E-state index in [2.05, 4.69) is 29.4 Å². The van der Waals surface area contributed by atoms with E-state index in [1.165, 1.54) is 5.56 Å². The number of nitrogens with zero attached hydrogens (tertiary/aromatic N) is 2. The highest BCUT2D eigenvalue weighted by Gasteiger charge is 1.97. The Hall–Kier alpha value is -1.50. The molecule has 0 fully saturated rings. The van der Waals surface area contributed by atoms with E-state index < -0.39 is 0 Å². The number of aliphatic imine (C=N–C) groups is 1. The second-order valence-corrected chi connectivity index (χ2v) is 4.57. The number of rotatable bonds is 4. The zero-order valence-corrected chi connectivity index (χ0v) is 14.2. The van der Waals surface area contributed by atoms with Gasteiger partial charge in [0.25, 0.3) is 0 Å². The van der Waals surface area contributed by atoms with Gasteiger partial charge in [0, 0.05) is 25.1 Å². The lowest BCUT2D eigenvalue weighted by Gasteiger charge is -2.06. The van der Waals surface area contributed by atoms with Gasteiger partial charge in [-0.05, 0) is 35.7 Å². The summed E-state index contributed by atoms with van der Waals surface area (Å²) in [6, 6.07) is 10.2. The molecule has 1 heterocycles. The Bertz CT molecular complexity index is 575. The minimum Gasteiger partial charge on any atom is -0.370 e. The highest BCUT2D eigenvalue weighted by molar-refractivity contribution is 14.0. The average Bonchev–Trinajstić information content (AvgIpc) is 2.82. The van der Waals surface area contributed by atoms with Gasteiger partial charge >= 0.3 is 0 Å². The van der Waals surface area contributed by atoms with Crippen molar-refractivity contribution in [3.63, 3.8) is 0 Å². The molecule has 3 N–H and O–H groups in total.